The zero-order valence-electron chi connectivity index (χ0n) is 24.1. The molecule has 218 valence electrons. The molecule has 0 N–H and O–H groups in total. The zero-order chi connectivity index (χ0) is 29.1. The molecule has 0 aliphatic carbocycles. The summed E-state index contributed by atoms with van der Waals surface area (Å²) in [4.78, 5) is 35.6. The van der Waals surface area contributed by atoms with Crippen LogP contribution in [0.15, 0.2) is 72.8 Å². The fourth-order valence-corrected chi connectivity index (χ4v) is 4.43. The molecular formula is C35H42O6. The van der Waals surface area contributed by atoms with E-state index in [1.54, 1.807) is 60.7 Å². The predicted molar refractivity (Wildman–Crippen MR) is 161 cm³/mol. The fourth-order valence-electron chi connectivity index (χ4n) is 4.43. The summed E-state index contributed by atoms with van der Waals surface area (Å²) in [5, 5.41) is 0. The van der Waals surface area contributed by atoms with Gasteiger partial charge in [0.1, 0.15) is 23.5 Å². The van der Waals surface area contributed by atoms with E-state index in [0.717, 1.165) is 12.2 Å². The van der Waals surface area contributed by atoms with Crippen molar-refractivity contribution in [2.45, 2.75) is 84.0 Å². The van der Waals surface area contributed by atoms with Crippen LogP contribution in [0.2, 0.25) is 0 Å². The monoisotopic (exact) mass is 558 g/mol. The lowest BCUT2D eigenvalue weighted by Crippen LogP contribution is -2.09. The van der Waals surface area contributed by atoms with Gasteiger partial charge in [0.15, 0.2) is 0 Å². The fraction of sp³-hybridized carbons (Fsp3) is 0.400. The van der Waals surface area contributed by atoms with Crippen LogP contribution in [0.5, 0.6) is 17.2 Å². The van der Waals surface area contributed by atoms with Crippen LogP contribution in [0.4, 0.5) is 0 Å². The number of rotatable bonds is 19. The molecule has 0 unspecified atom stereocenters. The third-order valence-electron chi connectivity index (χ3n) is 6.88. The molecule has 0 atom stereocenters. The van der Waals surface area contributed by atoms with Gasteiger partial charge in [-0.2, -0.15) is 0 Å². The molecule has 0 aliphatic rings. The van der Waals surface area contributed by atoms with Gasteiger partial charge in [0.05, 0.1) is 17.7 Å². The van der Waals surface area contributed by atoms with Crippen LogP contribution in [0.1, 0.15) is 115 Å². The van der Waals surface area contributed by atoms with Crippen molar-refractivity contribution in [2.75, 3.05) is 6.61 Å². The van der Waals surface area contributed by atoms with E-state index in [-0.39, 0.29) is 0 Å². The first-order valence-corrected chi connectivity index (χ1v) is 14.9. The van der Waals surface area contributed by atoms with E-state index in [1.807, 2.05) is 0 Å². The van der Waals surface area contributed by atoms with Gasteiger partial charge in [-0.25, -0.2) is 9.59 Å². The van der Waals surface area contributed by atoms with Gasteiger partial charge in [0, 0.05) is 5.56 Å². The van der Waals surface area contributed by atoms with Crippen LogP contribution in [0.25, 0.3) is 0 Å². The third kappa shape index (κ3) is 12.0. The second-order valence-corrected chi connectivity index (χ2v) is 10.3. The van der Waals surface area contributed by atoms with E-state index in [0.29, 0.717) is 41.1 Å². The number of hydrogen-bond donors (Lipinski definition) is 0. The van der Waals surface area contributed by atoms with Gasteiger partial charge in [0.2, 0.25) is 0 Å². The maximum atomic E-state index is 12.5. The van der Waals surface area contributed by atoms with Gasteiger partial charge >= 0.3 is 11.9 Å². The van der Waals surface area contributed by atoms with Crippen molar-refractivity contribution < 1.29 is 28.6 Å². The number of unbranched alkanes of at least 4 members (excludes halogenated alkanes) is 11. The Labute approximate surface area is 244 Å². The number of aldehydes is 1. The molecule has 0 fully saturated rings. The summed E-state index contributed by atoms with van der Waals surface area (Å²) in [5.41, 5.74) is 1.22. The third-order valence-corrected chi connectivity index (χ3v) is 6.88. The lowest BCUT2D eigenvalue weighted by atomic mass is 10.1. The highest BCUT2D eigenvalue weighted by Gasteiger charge is 2.11. The lowest BCUT2D eigenvalue weighted by molar-refractivity contribution is 0.0719. The molecule has 3 aromatic rings. The molecule has 3 rings (SSSR count). The van der Waals surface area contributed by atoms with Gasteiger partial charge in [-0.05, 0) is 67.1 Å². The van der Waals surface area contributed by atoms with Crippen molar-refractivity contribution in [1.82, 2.24) is 0 Å². The Balaban J connectivity index is 1.29. The van der Waals surface area contributed by atoms with Gasteiger partial charge in [-0.15, -0.1) is 0 Å². The summed E-state index contributed by atoms with van der Waals surface area (Å²) < 4.78 is 16.6. The summed E-state index contributed by atoms with van der Waals surface area (Å²) in [6, 6.07) is 19.3. The lowest BCUT2D eigenvalue weighted by Gasteiger charge is -2.09. The number of ether oxygens (including phenoxy) is 3. The van der Waals surface area contributed by atoms with E-state index in [2.05, 4.69) is 6.92 Å². The molecule has 0 spiro atoms. The van der Waals surface area contributed by atoms with E-state index in [9.17, 15) is 14.4 Å². The minimum Gasteiger partial charge on any atom is -0.494 e. The molecule has 0 bridgehead atoms. The molecule has 0 radical (unpaired) electrons. The molecule has 6 nitrogen and oxygen atoms in total. The van der Waals surface area contributed by atoms with Crippen LogP contribution in [-0.2, 0) is 0 Å². The smallest absolute Gasteiger partial charge is 0.343 e. The largest absolute Gasteiger partial charge is 0.494 e. The molecule has 3 aromatic carbocycles. The van der Waals surface area contributed by atoms with E-state index >= 15 is 0 Å². The number of benzene rings is 3. The molecule has 0 amide bonds. The van der Waals surface area contributed by atoms with Crippen LogP contribution in [0, 0.1) is 0 Å². The first-order valence-electron chi connectivity index (χ1n) is 14.9. The van der Waals surface area contributed by atoms with Gasteiger partial charge in [-0.1, -0.05) is 89.7 Å². The maximum Gasteiger partial charge on any atom is 0.343 e. The normalized spacial score (nSPS) is 10.7. The Kier molecular flexibility index (Phi) is 14.2. The minimum absolute atomic E-state index is 0.309. The summed E-state index contributed by atoms with van der Waals surface area (Å²) in [6.07, 6.45) is 16.4. The van der Waals surface area contributed by atoms with Gasteiger partial charge < -0.3 is 14.2 Å². The number of esters is 2. The second-order valence-electron chi connectivity index (χ2n) is 10.3. The average molecular weight is 559 g/mol. The Morgan fingerprint density at radius 3 is 1.37 bits per heavy atom. The van der Waals surface area contributed by atoms with Gasteiger partial charge in [0.25, 0.3) is 0 Å². The van der Waals surface area contributed by atoms with E-state index in [1.165, 1.54) is 82.8 Å². The SMILES string of the molecule is CCCCCCCCCCCCCCOc1ccc(C(=O)Oc2ccc(OC(=O)c3ccc(C=O)cc3)cc2)cc1. The Morgan fingerprint density at radius 1 is 0.537 bits per heavy atom. The summed E-state index contributed by atoms with van der Waals surface area (Å²) >= 11 is 0. The molecule has 0 aromatic heterocycles. The van der Waals surface area contributed by atoms with Crippen molar-refractivity contribution in [2.24, 2.45) is 0 Å². The van der Waals surface area contributed by atoms with Crippen molar-refractivity contribution in [3.05, 3.63) is 89.5 Å². The van der Waals surface area contributed by atoms with E-state index < -0.39 is 11.9 Å². The minimum atomic E-state index is -0.548. The number of carbonyl (C=O) groups is 3. The second kappa shape index (κ2) is 18.4. The summed E-state index contributed by atoms with van der Waals surface area (Å²) in [6.45, 7) is 2.93. The zero-order valence-corrected chi connectivity index (χ0v) is 24.1. The predicted octanol–water partition coefficient (Wildman–Crippen LogP) is 9.02. The van der Waals surface area contributed by atoms with Crippen molar-refractivity contribution >= 4 is 18.2 Å². The van der Waals surface area contributed by atoms with Crippen molar-refractivity contribution in [3.8, 4) is 17.2 Å². The standard InChI is InChI=1S/C35H42O6/c1-2-3-4-5-6-7-8-9-10-11-12-13-26-39-31-20-18-30(19-21-31)35(38)41-33-24-22-32(23-25-33)40-34(37)29-16-14-28(27-36)15-17-29/h14-25,27H,2-13,26H2,1H3. The number of hydrogen-bond acceptors (Lipinski definition) is 6. The topological polar surface area (TPSA) is 78.9 Å². The van der Waals surface area contributed by atoms with Crippen LogP contribution < -0.4 is 14.2 Å². The number of carbonyl (C=O) groups excluding carboxylic acids is 3. The van der Waals surface area contributed by atoms with Crippen LogP contribution in [-0.4, -0.2) is 24.8 Å². The van der Waals surface area contributed by atoms with Crippen LogP contribution >= 0.6 is 0 Å². The summed E-state index contributed by atoms with van der Waals surface area (Å²) in [5.74, 6) is 0.337. The van der Waals surface area contributed by atoms with Crippen molar-refractivity contribution in [1.29, 1.82) is 0 Å². The molecule has 6 heteroatoms. The first kappa shape index (κ1) is 31.6. The van der Waals surface area contributed by atoms with E-state index in [4.69, 9.17) is 14.2 Å². The average Bonchev–Trinajstić information content (AvgIpc) is 3.00. The Bertz CT molecular complexity index is 1180. The molecule has 0 saturated carbocycles. The highest BCUT2D eigenvalue weighted by molar-refractivity contribution is 5.92. The highest BCUT2D eigenvalue weighted by Crippen LogP contribution is 2.21. The maximum absolute atomic E-state index is 12.5. The molecule has 0 saturated heterocycles. The molecule has 0 heterocycles. The highest BCUT2D eigenvalue weighted by atomic mass is 16.5. The van der Waals surface area contributed by atoms with Gasteiger partial charge in [-0.3, -0.25) is 4.79 Å². The molecular weight excluding hydrogens is 516 g/mol. The Morgan fingerprint density at radius 2 is 0.927 bits per heavy atom. The first-order chi connectivity index (χ1) is 20.1. The Hall–Kier alpha value is -3.93. The molecule has 41 heavy (non-hydrogen) atoms. The quantitative estimate of drug-likeness (QED) is 0.0632. The summed E-state index contributed by atoms with van der Waals surface area (Å²) in [7, 11) is 0. The molecule has 0 aliphatic heterocycles. The van der Waals surface area contributed by atoms with Crippen molar-refractivity contribution in [3.63, 3.8) is 0 Å². The van der Waals surface area contributed by atoms with Crippen LogP contribution in [0.3, 0.4) is 0 Å².